The van der Waals surface area contributed by atoms with E-state index in [2.05, 4.69) is 158 Å². The molecule has 4 saturated carbocycles. The number of nitrogens with zero attached hydrogens (tertiary/aromatic N) is 16. The normalized spacial score (nSPS) is 28.4. The number of aliphatic hydroxyl groups is 4. The molecule has 0 unspecified atom stereocenters. The van der Waals surface area contributed by atoms with Crippen molar-refractivity contribution in [1.82, 2.24) is 98.2 Å². The van der Waals surface area contributed by atoms with Crippen LogP contribution in [0.1, 0.15) is 158 Å². The Morgan fingerprint density at radius 3 is 0.695 bits per heavy atom. The van der Waals surface area contributed by atoms with Crippen molar-refractivity contribution in [2.24, 2.45) is 0 Å². The van der Waals surface area contributed by atoms with Crippen molar-refractivity contribution in [1.29, 1.82) is 0 Å². The van der Waals surface area contributed by atoms with E-state index in [0.717, 1.165) is 83.0 Å². The first kappa shape index (κ1) is 75.9. The minimum atomic E-state index is -0.798. The Hall–Kier alpha value is -12.2. The second-order valence-electron chi connectivity index (χ2n) is 33.2. The molecule has 36 nitrogen and oxygen atoms in total. The highest BCUT2D eigenvalue weighted by atomic mass is 16.5. The number of rotatable bonds is 20. The van der Waals surface area contributed by atoms with Gasteiger partial charge in [0, 0.05) is 95.0 Å². The minimum absolute atomic E-state index is 0.254. The van der Waals surface area contributed by atoms with Crippen LogP contribution in [0.2, 0.25) is 0 Å². The summed E-state index contributed by atoms with van der Waals surface area (Å²) < 4.78 is 36.9. The quantitative estimate of drug-likeness (QED) is 0.0537. The van der Waals surface area contributed by atoms with E-state index in [0.29, 0.717) is 45.0 Å². The first-order chi connectivity index (χ1) is 56.9. The van der Waals surface area contributed by atoms with Crippen LogP contribution >= 0.6 is 0 Å². The smallest absolute Gasteiger partial charge is 0.330 e. The minimum Gasteiger partial charge on any atom is -0.394 e. The summed E-state index contributed by atoms with van der Waals surface area (Å²) in [7, 11) is 0. The fraction of sp³-hybridized carbons (Fsp3) is 0.415. The van der Waals surface area contributed by atoms with Crippen LogP contribution in [0.15, 0.2) is 185 Å². The van der Waals surface area contributed by atoms with Crippen LogP contribution in [0.4, 0.5) is 0 Å². The molecule has 8 aliphatic rings. The Bertz CT molecular complexity index is 5600. The fourth-order valence-corrected chi connectivity index (χ4v) is 20.6. The monoisotopic (exact) mass is 1600 g/mol. The summed E-state index contributed by atoms with van der Waals surface area (Å²) in [4.78, 5) is 111. The van der Waals surface area contributed by atoms with Crippen molar-refractivity contribution in [3.8, 4) is 45.0 Å². The standard InChI is InChI=1S/C82H84N20O16/c1-43-25-95(75(111)83-71(43)107)67-21-59(63(33-103)115-67)99-29-55(87-91-99)47-5-13-51(14-6-47)79-37-80(52-15-7-48(8-16-52)56-30-100(92-88-56)60-22-68(116-64(60)34-104)96-26-44(2)72(108)84-76(96)112)40-81(38-79,53-17-9-49(10-18-53)57-31-101(93-89-57)61-23-69(117-65(61)35-105)97-27-45(3)73(109)85-77(97)113)42-82(39-79,41-80)54-19-11-50(12-20-54)58-32-102(94-90-58)62-24-70(118-66(62)36-106)98-28-46(4)74(110)86-78(98)114/h5-20,25-32,59-70,103-106H,21-24,33-42H2,1-4H3,(H,83,107,111)(H,84,108,112)(H,85,109,113)(H,86,110,114)/t59-,60-,61-,62-,63+,64+,65+,66+,67+,68+,69+,70+,79?,80?,81?,82?/m0/s1. The molecule has 8 aromatic heterocycles. The number of hydrogen-bond donors (Lipinski definition) is 8. The molecule has 118 heavy (non-hydrogen) atoms. The van der Waals surface area contributed by atoms with Crippen LogP contribution in [0.5, 0.6) is 0 Å². The molecule has 0 radical (unpaired) electrons. The zero-order chi connectivity index (χ0) is 81.6. The van der Waals surface area contributed by atoms with Gasteiger partial charge in [-0.3, -0.25) is 57.4 Å². The molecule has 4 bridgehead atoms. The van der Waals surface area contributed by atoms with Gasteiger partial charge in [-0.25, -0.2) is 37.9 Å². The van der Waals surface area contributed by atoms with E-state index in [1.54, 1.807) is 46.4 Å². The molecule has 4 saturated heterocycles. The Morgan fingerprint density at radius 1 is 0.314 bits per heavy atom. The van der Waals surface area contributed by atoms with Crippen molar-refractivity contribution < 1.29 is 39.4 Å². The van der Waals surface area contributed by atoms with Crippen LogP contribution in [-0.2, 0) is 40.6 Å². The highest BCUT2D eigenvalue weighted by Crippen LogP contribution is 2.75. The summed E-state index contributed by atoms with van der Waals surface area (Å²) >= 11 is 0. The van der Waals surface area contributed by atoms with Crippen LogP contribution in [0.3, 0.4) is 0 Å². The predicted molar refractivity (Wildman–Crippen MR) is 419 cm³/mol. The average molecular weight is 1610 g/mol. The highest BCUT2D eigenvalue weighted by molar-refractivity contribution is 5.64. The van der Waals surface area contributed by atoms with Crippen LogP contribution in [0, 0.1) is 27.7 Å². The van der Waals surface area contributed by atoms with Gasteiger partial charge >= 0.3 is 22.8 Å². The van der Waals surface area contributed by atoms with E-state index in [-0.39, 0.29) is 52.1 Å². The molecule has 12 heterocycles. The number of benzene rings is 4. The van der Waals surface area contributed by atoms with Gasteiger partial charge in [0.05, 0.1) is 75.4 Å². The van der Waals surface area contributed by atoms with E-state index < -0.39 is 140 Å². The van der Waals surface area contributed by atoms with E-state index in [4.69, 9.17) is 18.9 Å². The average Bonchev–Trinajstić information content (AvgIpc) is 0.918. The SMILES string of the molecule is Cc1cn([C@H]2C[C@H](n3cc(-c4ccc(C56CC7(c8ccc(-c9cn([C@H]%10C[C@H](n%11cc(C)c(=O)[nH]c%11=O)O[C@@H]%10CO)nn9)cc8)CC(c8ccc(-c9cn([C@H]%10C[C@H](n%11cc(C)c(=O)[nH]c%11=O)O[C@@H]%10CO)nn9)cc8)(C5)CC(c5ccc(-c8cn([C@H]9C[C@H](n%10cc(C)c(=O)[nH]c%10=O)O[C@@H]9CO)nn8)cc5)(C6)C7)cc4)nn3)[C@@H](CO)O2)c(=O)[nH]c1=O. The maximum Gasteiger partial charge on any atom is 0.330 e. The van der Waals surface area contributed by atoms with E-state index in [1.807, 2.05) is 24.8 Å². The summed E-state index contributed by atoms with van der Waals surface area (Å²) in [6, 6.07) is 32.4. The number of aromatic nitrogens is 20. The first-order valence-corrected chi connectivity index (χ1v) is 39.4. The molecule has 12 aromatic rings. The van der Waals surface area contributed by atoms with Crippen LogP contribution in [0.25, 0.3) is 45.0 Å². The molecule has 8 fully saturated rings. The summed E-state index contributed by atoms with van der Waals surface area (Å²) in [6.07, 6.45) is 12.5. The van der Waals surface area contributed by atoms with Crippen molar-refractivity contribution in [3.63, 3.8) is 0 Å². The molecule has 36 heteroatoms. The van der Waals surface area contributed by atoms with Crippen molar-refractivity contribution in [3.05, 3.63) is 274 Å². The molecule has 4 aliphatic heterocycles. The largest absolute Gasteiger partial charge is 0.394 e. The van der Waals surface area contributed by atoms with E-state index in [9.17, 15) is 58.8 Å². The van der Waals surface area contributed by atoms with Gasteiger partial charge in [-0.2, -0.15) is 0 Å². The van der Waals surface area contributed by atoms with Crippen molar-refractivity contribution in [2.75, 3.05) is 26.4 Å². The lowest BCUT2D eigenvalue weighted by molar-refractivity contribution is -0.0691. The zero-order valence-electron chi connectivity index (χ0n) is 64.5. The number of hydrogen-bond acceptors (Lipinski definition) is 24. The highest BCUT2D eigenvalue weighted by Gasteiger charge is 2.69. The second-order valence-corrected chi connectivity index (χ2v) is 33.2. The Balaban J connectivity index is 0.691. The van der Waals surface area contributed by atoms with Gasteiger partial charge in [-0.15, -0.1) is 20.4 Å². The summed E-state index contributed by atoms with van der Waals surface area (Å²) in [6.45, 7) is 4.94. The van der Waals surface area contributed by atoms with Gasteiger partial charge in [0.1, 0.15) is 72.1 Å². The molecule has 608 valence electrons. The second kappa shape index (κ2) is 28.9. The molecule has 12 atom stereocenters. The first-order valence-electron chi connectivity index (χ1n) is 39.4. The Morgan fingerprint density at radius 2 is 0.508 bits per heavy atom. The maximum atomic E-state index is 13.1. The summed E-state index contributed by atoms with van der Waals surface area (Å²) in [5.41, 5.74) is 4.75. The summed E-state index contributed by atoms with van der Waals surface area (Å²) in [5, 5.41) is 79.6. The topological polar surface area (TPSA) is 460 Å². The number of aromatic amines is 4. The molecular formula is C82H84N20O16. The number of aryl methyl sites for hydroxylation is 4. The Labute approximate surface area is 667 Å². The van der Waals surface area contributed by atoms with Gasteiger partial charge in [-0.1, -0.05) is 118 Å². The molecule has 4 aromatic carbocycles. The number of aliphatic hydroxyl groups excluding tert-OH is 4. The van der Waals surface area contributed by atoms with Crippen LogP contribution < -0.4 is 45.0 Å². The molecule has 4 aliphatic carbocycles. The van der Waals surface area contributed by atoms with Gasteiger partial charge in [0.15, 0.2) is 0 Å². The molecule has 20 rings (SSSR count). The lowest BCUT2D eigenvalue weighted by atomic mass is 9.32. The van der Waals surface area contributed by atoms with E-state index >= 15 is 0 Å². The van der Waals surface area contributed by atoms with Gasteiger partial charge in [0.25, 0.3) is 22.2 Å². The third-order valence-corrected chi connectivity index (χ3v) is 26.0. The number of H-pyrrole nitrogens is 4. The van der Waals surface area contributed by atoms with E-state index in [1.165, 1.54) is 43.1 Å². The lowest BCUT2D eigenvalue weighted by Gasteiger charge is -2.71. The van der Waals surface area contributed by atoms with Gasteiger partial charge in [-0.05, 0) is 110 Å². The fourth-order valence-electron chi connectivity index (χ4n) is 20.6. The molecule has 0 spiro atoms. The van der Waals surface area contributed by atoms with Crippen molar-refractivity contribution in [2.45, 2.75) is 187 Å². The Kier molecular flexibility index (Phi) is 18.6. The van der Waals surface area contributed by atoms with Crippen molar-refractivity contribution >= 4 is 0 Å². The number of ether oxygens (including phenoxy) is 4. The third-order valence-electron chi connectivity index (χ3n) is 26.0. The van der Waals surface area contributed by atoms with Crippen LogP contribution in [-0.4, -0.2) is 169 Å². The van der Waals surface area contributed by atoms with Gasteiger partial charge in [0.2, 0.25) is 0 Å². The zero-order valence-corrected chi connectivity index (χ0v) is 64.5. The third kappa shape index (κ3) is 12.9. The van der Waals surface area contributed by atoms with Gasteiger partial charge < -0.3 is 39.4 Å². The summed E-state index contributed by atoms with van der Waals surface area (Å²) in [5.74, 6) is 0. The lowest BCUT2D eigenvalue weighted by Crippen LogP contribution is -2.67. The molecule has 8 N–H and O–H groups in total. The maximum absolute atomic E-state index is 13.1. The molecule has 0 amide bonds. The molecular weight excluding hydrogens is 1520 g/mol. The predicted octanol–water partition coefficient (Wildman–Crippen LogP) is 3.87. The number of nitrogens with one attached hydrogen (secondary N) is 4.